The summed E-state index contributed by atoms with van der Waals surface area (Å²) >= 11 is 0. The van der Waals surface area contributed by atoms with E-state index in [4.69, 9.17) is 19.4 Å². The van der Waals surface area contributed by atoms with Crippen molar-refractivity contribution < 1.29 is 4.42 Å². The SMILES string of the molecule is c1ccc(-c2nc(-c3ccccc3)nc(-c3ccccc3-c3ccc(-c4cccc5c4C4(c6ccc(-c7cccc8oc9ccccc9c78)cc6-5)C5CC6CC(C5)CC4C6)cc3)n2)cc1. The van der Waals surface area contributed by atoms with Gasteiger partial charge in [0.1, 0.15) is 11.2 Å². The molecule has 0 saturated heterocycles. The van der Waals surface area contributed by atoms with Gasteiger partial charge in [-0.2, -0.15) is 0 Å². The van der Waals surface area contributed by atoms with Crippen molar-refractivity contribution >= 4 is 21.9 Å². The second-order valence-electron chi connectivity index (χ2n) is 19.1. The lowest BCUT2D eigenvalue weighted by molar-refractivity contribution is -0.0397. The Kier molecular flexibility index (Phi) is 8.13. The quantitative estimate of drug-likeness (QED) is 0.167. The monoisotopic (exact) mass is 835 g/mol. The number of aromatic nitrogens is 3. The number of para-hydroxylation sites is 1. The van der Waals surface area contributed by atoms with E-state index in [0.29, 0.717) is 29.3 Å². The van der Waals surface area contributed by atoms with Gasteiger partial charge >= 0.3 is 0 Å². The fourth-order valence-corrected chi connectivity index (χ4v) is 13.4. The second kappa shape index (κ2) is 14.3. The molecular weight excluding hydrogens is 791 g/mol. The highest BCUT2D eigenvalue weighted by Gasteiger charge is 2.62. The normalized spacial score (nSPS) is 21.3. The van der Waals surface area contributed by atoms with Crippen LogP contribution in [0.2, 0.25) is 0 Å². The van der Waals surface area contributed by atoms with E-state index in [1.807, 2.05) is 36.4 Å². The summed E-state index contributed by atoms with van der Waals surface area (Å²) in [6.07, 6.45) is 6.79. The van der Waals surface area contributed by atoms with Gasteiger partial charge in [0, 0.05) is 32.9 Å². The summed E-state index contributed by atoms with van der Waals surface area (Å²) < 4.78 is 6.38. The Morgan fingerprint density at radius 2 is 0.892 bits per heavy atom. The lowest BCUT2D eigenvalue weighted by Gasteiger charge is -2.61. The zero-order chi connectivity index (χ0) is 42.6. The van der Waals surface area contributed by atoms with Crippen molar-refractivity contribution in [3.05, 3.63) is 199 Å². The molecule has 5 aliphatic carbocycles. The van der Waals surface area contributed by atoms with Crippen molar-refractivity contribution in [2.75, 3.05) is 0 Å². The van der Waals surface area contributed by atoms with Crippen LogP contribution >= 0.6 is 0 Å². The Hall–Kier alpha value is -7.43. The molecule has 4 heteroatoms. The van der Waals surface area contributed by atoms with Gasteiger partial charge in [-0.15, -0.1) is 0 Å². The molecule has 4 saturated carbocycles. The highest BCUT2D eigenvalue weighted by atomic mass is 16.3. The van der Waals surface area contributed by atoms with Crippen LogP contribution in [-0.4, -0.2) is 15.0 Å². The second-order valence-corrected chi connectivity index (χ2v) is 19.1. The van der Waals surface area contributed by atoms with Gasteiger partial charge in [0.25, 0.3) is 0 Å². The van der Waals surface area contributed by atoms with Crippen LogP contribution in [0.4, 0.5) is 0 Å². The van der Waals surface area contributed by atoms with Gasteiger partial charge in [-0.3, -0.25) is 0 Å². The lowest BCUT2D eigenvalue weighted by atomic mass is 9.42. The van der Waals surface area contributed by atoms with E-state index in [1.54, 1.807) is 11.1 Å². The van der Waals surface area contributed by atoms with Crippen LogP contribution in [0.15, 0.2) is 192 Å². The van der Waals surface area contributed by atoms with Crippen molar-refractivity contribution in [3.63, 3.8) is 0 Å². The number of furan rings is 1. The van der Waals surface area contributed by atoms with Crippen molar-refractivity contribution in [2.45, 2.75) is 37.5 Å². The van der Waals surface area contributed by atoms with E-state index < -0.39 is 0 Å². The van der Waals surface area contributed by atoms with Crippen molar-refractivity contribution in [3.8, 4) is 78.7 Å². The first kappa shape index (κ1) is 37.0. The number of rotatable bonds is 6. The fourth-order valence-electron chi connectivity index (χ4n) is 13.4. The Morgan fingerprint density at radius 3 is 1.60 bits per heavy atom. The molecule has 2 heterocycles. The molecule has 0 radical (unpaired) electrons. The molecular formula is C61H45N3O. The van der Waals surface area contributed by atoms with E-state index in [2.05, 4.69) is 152 Å². The van der Waals surface area contributed by atoms with Crippen LogP contribution < -0.4 is 0 Å². The van der Waals surface area contributed by atoms with E-state index in [0.717, 1.165) is 50.8 Å². The first-order valence-electron chi connectivity index (χ1n) is 23.4. The minimum absolute atomic E-state index is 0.0123. The number of nitrogens with zero attached hydrogens (tertiary/aromatic N) is 3. The molecule has 4 bridgehead atoms. The van der Waals surface area contributed by atoms with Gasteiger partial charge < -0.3 is 4.42 Å². The highest BCUT2D eigenvalue weighted by molar-refractivity contribution is 6.12. The molecule has 4 nitrogen and oxygen atoms in total. The smallest absolute Gasteiger partial charge is 0.164 e. The molecule has 2 aromatic heterocycles. The average Bonchev–Trinajstić information content (AvgIpc) is 3.90. The van der Waals surface area contributed by atoms with E-state index in [1.165, 1.54) is 76.3 Å². The van der Waals surface area contributed by atoms with Gasteiger partial charge in [-0.25, -0.2) is 15.0 Å². The maximum Gasteiger partial charge on any atom is 0.164 e. The number of fused-ring (bicyclic) bond motifs is 6. The topological polar surface area (TPSA) is 51.8 Å². The van der Waals surface area contributed by atoms with Gasteiger partial charge in [-0.05, 0) is 130 Å². The number of benzene rings is 8. The van der Waals surface area contributed by atoms with Gasteiger partial charge in [-0.1, -0.05) is 170 Å². The molecule has 15 rings (SSSR count). The summed E-state index contributed by atoms with van der Waals surface area (Å²) in [4.78, 5) is 15.2. The summed E-state index contributed by atoms with van der Waals surface area (Å²) in [6.45, 7) is 0. The molecule has 4 fully saturated rings. The molecule has 0 aliphatic heterocycles. The molecule has 5 aliphatic rings. The first-order chi connectivity index (χ1) is 32.2. The van der Waals surface area contributed by atoms with Crippen molar-refractivity contribution in [1.82, 2.24) is 15.0 Å². The Balaban J connectivity index is 0.903. The van der Waals surface area contributed by atoms with Crippen molar-refractivity contribution in [2.24, 2.45) is 23.7 Å². The Labute approximate surface area is 378 Å². The van der Waals surface area contributed by atoms with E-state index >= 15 is 0 Å². The van der Waals surface area contributed by atoms with Crippen LogP contribution in [0.1, 0.15) is 43.2 Å². The van der Waals surface area contributed by atoms with Crippen LogP contribution in [-0.2, 0) is 5.41 Å². The molecule has 0 atom stereocenters. The molecule has 0 amide bonds. The average molecular weight is 836 g/mol. The standard InChI is InChI=1S/C61H45N3O/c1-3-13-41(14-4-1)58-62-59(42-15-5-2-6-16-42)64-60(63-58)50-18-8-7-17-46(50)39-25-27-40(28-26-39)48-21-11-22-49-52-36-43(47-20-12-24-55-56(47)51-19-9-10-23-54(51)65-55)29-30-53(52)61(57(48)49)44-32-37-31-38(34-44)35-45(61)33-37/h1-30,36-38,44-45H,31-35H2. The Morgan fingerprint density at radius 1 is 0.369 bits per heavy atom. The summed E-state index contributed by atoms with van der Waals surface area (Å²) in [7, 11) is 0. The summed E-state index contributed by atoms with van der Waals surface area (Å²) in [5, 5.41) is 2.37. The predicted octanol–water partition coefficient (Wildman–Crippen LogP) is 15.5. The summed E-state index contributed by atoms with van der Waals surface area (Å²) in [5.74, 6) is 5.03. The summed E-state index contributed by atoms with van der Waals surface area (Å²) in [5.41, 5.74) is 18.2. The maximum atomic E-state index is 6.38. The van der Waals surface area contributed by atoms with Crippen molar-refractivity contribution in [1.29, 1.82) is 0 Å². The van der Waals surface area contributed by atoms with Crippen LogP contribution in [0.5, 0.6) is 0 Å². The van der Waals surface area contributed by atoms with Crippen LogP contribution in [0.3, 0.4) is 0 Å². The number of hydrogen-bond donors (Lipinski definition) is 0. The Bertz CT molecular complexity index is 3410. The minimum atomic E-state index is 0.0123. The largest absolute Gasteiger partial charge is 0.456 e. The van der Waals surface area contributed by atoms with Gasteiger partial charge in [0.2, 0.25) is 0 Å². The molecule has 1 spiro atoms. The predicted molar refractivity (Wildman–Crippen MR) is 263 cm³/mol. The molecule has 8 aromatic carbocycles. The molecule has 10 aromatic rings. The van der Waals surface area contributed by atoms with Crippen LogP contribution in [0.25, 0.3) is 101 Å². The fraction of sp³-hybridized carbons (Fsp3) is 0.164. The third kappa shape index (κ3) is 5.59. The minimum Gasteiger partial charge on any atom is -0.456 e. The molecule has 0 N–H and O–H groups in total. The molecule has 0 unspecified atom stereocenters. The van der Waals surface area contributed by atoms with E-state index in [-0.39, 0.29) is 5.41 Å². The van der Waals surface area contributed by atoms with Gasteiger partial charge in [0.15, 0.2) is 17.5 Å². The maximum absolute atomic E-state index is 6.38. The lowest BCUT2D eigenvalue weighted by Crippen LogP contribution is -2.55. The third-order valence-corrected chi connectivity index (χ3v) is 15.7. The number of hydrogen-bond acceptors (Lipinski definition) is 4. The summed E-state index contributed by atoms with van der Waals surface area (Å²) in [6, 6.07) is 68.0. The van der Waals surface area contributed by atoms with E-state index in [9.17, 15) is 0 Å². The van der Waals surface area contributed by atoms with Gasteiger partial charge in [0.05, 0.1) is 0 Å². The van der Waals surface area contributed by atoms with Crippen LogP contribution in [0, 0.1) is 23.7 Å². The highest BCUT2D eigenvalue weighted by Crippen LogP contribution is 2.70. The first-order valence-corrected chi connectivity index (χ1v) is 23.4. The molecule has 65 heavy (non-hydrogen) atoms. The third-order valence-electron chi connectivity index (χ3n) is 15.7. The zero-order valence-electron chi connectivity index (χ0n) is 36.0. The zero-order valence-corrected chi connectivity index (χ0v) is 36.0. The molecule has 310 valence electrons.